The number of unbranched alkanes of at least 4 members (excludes halogenated alkanes) is 18. The van der Waals surface area contributed by atoms with E-state index in [1.165, 1.54) is 128 Å². The first-order valence-electron chi connectivity index (χ1n) is 12.7. The maximum Gasteiger partial charge on any atom is 2.00 e. The van der Waals surface area contributed by atoms with E-state index < -0.39 is 10.4 Å². The van der Waals surface area contributed by atoms with Gasteiger partial charge in [-0.15, -0.1) is 0 Å². The zero-order valence-corrected chi connectivity index (χ0v) is 22.9. The minimum absolute atomic E-state index is 0. The van der Waals surface area contributed by atoms with Crippen molar-refractivity contribution in [3.63, 3.8) is 0 Å². The largest absolute Gasteiger partial charge is 2.00 e. The van der Waals surface area contributed by atoms with E-state index >= 15 is 0 Å². The van der Waals surface area contributed by atoms with Crippen LogP contribution in [0.3, 0.4) is 0 Å². The molecule has 184 valence electrons. The molecule has 0 aliphatic rings. The van der Waals surface area contributed by atoms with Gasteiger partial charge in [0.05, 0.1) is 0 Å². The fraction of sp³-hybridized carbons (Fsp3) is 1.00. The first kappa shape index (κ1) is 36.2. The van der Waals surface area contributed by atoms with E-state index in [0.29, 0.717) is 0 Å². The summed E-state index contributed by atoms with van der Waals surface area (Å²) < 4.78 is 39.9. The van der Waals surface area contributed by atoms with Crippen LogP contribution in [0.15, 0.2) is 0 Å². The molecule has 0 bridgehead atoms. The second kappa shape index (κ2) is 30.6. The van der Waals surface area contributed by atoms with Crippen molar-refractivity contribution in [1.82, 2.24) is 0 Å². The molecule has 0 aliphatic heterocycles. The summed E-state index contributed by atoms with van der Waals surface area (Å²) in [6, 6.07) is 0. The zero-order chi connectivity index (χ0) is 22.8. The van der Waals surface area contributed by atoms with E-state index in [1.807, 2.05) is 0 Å². The molecule has 0 amide bonds. The van der Waals surface area contributed by atoms with Gasteiger partial charge in [-0.2, -0.15) is 0 Å². The molecule has 0 saturated carbocycles. The Hall–Kier alpha value is 0.596. The molecule has 0 atom stereocenters. The van der Waals surface area contributed by atoms with E-state index in [4.69, 9.17) is 22.3 Å². The van der Waals surface area contributed by atoms with Crippen LogP contribution >= 0.6 is 0 Å². The quantitative estimate of drug-likeness (QED) is 0.0720. The van der Waals surface area contributed by atoms with E-state index in [0.717, 1.165) is 13.2 Å². The molecule has 0 aromatic heterocycles. The van der Waals surface area contributed by atoms with Crippen molar-refractivity contribution in [1.29, 1.82) is 0 Å². The molecule has 0 aliphatic carbocycles. The second-order valence-electron chi connectivity index (χ2n) is 8.38. The molecule has 0 heterocycles. The Morgan fingerprint density at radius 2 is 0.677 bits per heavy atom. The van der Waals surface area contributed by atoms with Gasteiger partial charge in [-0.1, -0.05) is 129 Å². The van der Waals surface area contributed by atoms with Crippen molar-refractivity contribution in [2.75, 3.05) is 13.2 Å². The van der Waals surface area contributed by atoms with Crippen molar-refractivity contribution in [3.8, 4) is 0 Å². The van der Waals surface area contributed by atoms with Crippen LogP contribution in [-0.2, 0) is 15.1 Å². The molecular weight excluding hydrogens is 425 g/mol. The monoisotopic (exact) mass is 474 g/mol. The maximum absolute atomic E-state index is 8.52. The maximum atomic E-state index is 8.52. The predicted octanol–water partition coefficient (Wildman–Crippen LogP) is 7.13. The van der Waals surface area contributed by atoms with Gasteiger partial charge in [0.2, 0.25) is 0 Å². The molecule has 0 spiro atoms. The molecule has 0 radical (unpaired) electrons. The van der Waals surface area contributed by atoms with Gasteiger partial charge < -0.3 is 13.8 Å². The topological polar surface area (TPSA) is 89.5 Å². The summed E-state index contributed by atoms with van der Waals surface area (Å²) >= 11 is 0. The van der Waals surface area contributed by atoms with Crippen molar-refractivity contribution >= 4 is 33.5 Å². The summed E-state index contributed by atoms with van der Waals surface area (Å²) in [5.41, 5.74) is 0. The normalized spacial score (nSPS) is 11.0. The Balaban J connectivity index is -0.00000116. The zero-order valence-electron chi connectivity index (χ0n) is 20.7. The average molecular weight is 475 g/mol. The van der Waals surface area contributed by atoms with Gasteiger partial charge >= 0.3 is 23.1 Å². The molecule has 0 aromatic carbocycles. The van der Waals surface area contributed by atoms with Crippen molar-refractivity contribution in [2.45, 2.75) is 142 Å². The Morgan fingerprint density at radius 3 is 0.903 bits per heavy atom. The first-order chi connectivity index (χ1) is 14.4. The summed E-state index contributed by atoms with van der Waals surface area (Å²) in [4.78, 5) is 0. The summed E-state index contributed by atoms with van der Waals surface area (Å²) in [5, 5.41) is 0. The summed E-state index contributed by atoms with van der Waals surface area (Å²) in [7, 11) is -5.17. The molecule has 0 fully saturated rings. The van der Waals surface area contributed by atoms with Crippen LogP contribution < -0.4 is 0 Å². The van der Waals surface area contributed by atoms with Gasteiger partial charge in [0.15, 0.2) is 0 Å². The van der Waals surface area contributed by atoms with Crippen molar-refractivity contribution in [3.05, 3.63) is 0 Å². The van der Waals surface area contributed by atoms with Crippen LogP contribution in [0, 0.1) is 0 Å². The number of rotatable bonds is 22. The van der Waals surface area contributed by atoms with Crippen LogP contribution in [-0.4, -0.2) is 53.8 Å². The van der Waals surface area contributed by atoms with E-state index in [2.05, 4.69) is 13.8 Å². The number of ether oxygens (including phenoxy) is 1. The van der Waals surface area contributed by atoms with Crippen LogP contribution in [0.1, 0.15) is 142 Å². The Bertz CT molecular complexity index is 375. The van der Waals surface area contributed by atoms with Crippen LogP contribution in [0.25, 0.3) is 0 Å². The van der Waals surface area contributed by atoms with Crippen LogP contribution in [0.4, 0.5) is 0 Å². The second-order valence-corrected chi connectivity index (χ2v) is 9.20. The van der Waals surface area contributed by atoms with Gasteiger partial charge in [-0.25, -0.2) is 0 Å². The smallest absolute Gasteiger partial charge is 0.759 e. The minimum atomic E-state index is -5.17. The summed E-state index contributed by atoms with van der Waals surface area (Å²) in [6.07, 6.45) is 28.2. The van der Waals surface area contributed by atoms with E-state index in [1.54, 1.807) is 0 Å². The van der Waals surface area contributed by atoms with Gasteiger partial charge in [0.25, 0.3) is 0 Å². The Morgan fingerprint density at radius 1 is 0.484 bits per heavy atom. The van der Waals surface area contributed by atoms with Crippen LogP contribution in [0.2, 0.25) is 0 Å². The molecule has 5 nitrogen and oxygen atoms in total. The molecule has 0 N–H and O–H groups in total. The molecule has 0 rings (SSSR count). The number of hydrogen-bond acceptors (Lipinski definition) is 5. The third-order valence-electron chi connectivity index (χ3n) is 5.28. The average Bonchev–Trinajstić information content (AvgIpc) is 2.68. The fourth-order valence-electron chi connectivity index (χ4n) is 3.49. The minimum Gasteiger partial charge on any atom is -0.759 e. The third kappa shape index (κ3) is 49.0. The van der Waals surface area contributed by atoms with Gasteiger partial charge in [0, 0.05) is 23.6 Å². The van der Waals surface area contributed by atoms with Gasteiger partial charge in [-0.05, 0) is 12.8 Å². The van der Waals surface area contributed by atoms with Crippen molar-refractivity contribution < 1.29 is 22.3 Å². The van der Waals surface area contributed by atoms with Crippen LogP contribution in [0.5, 0.6) is 0 Å². The SMILES string of the molecule is CCCCCCCCCCCCOCCCCCCCCCCCC.O=S(=O)([O-])[O-].[Mg+2]. The third-order valence-corrected chi connectivity index (χ3v) is 5.28. The summed E-state index contributed by atoms with van der Waals surface area (Å²) in [6.45, 7) is 6.57. The molecule has 0 saturated heterocycles. The van der Waals surface area contributed by atoms with Crippen molar-refractivity contribution in [2.24, 2.45) is 0 Å². The predicted molar refractivity (Wildman–Crippen MR) is 131 cm³/mol. The van der Waals surface area contributed by atoms with E-state index in [9.17, 15) is 0 Å². The molecule has 0 unspecified atom stereocenters. The fourth-order valence-corrected chi connectivity index (χ4v) is 3.49. The number of hydrogen-bond donors (Lipinski definition) is 0. The Kier molecular flexibility index (Phi) is 35.7. The molecule has 7 heteroatoms. The standard InChI is InChI=1S/C24H50O.Mg.H2O4S/c1-3-5-7-9-11-13-15-17-19-21-23-25-24-22-20-18-16-14-12-10-8-6-4-2;;1-5(2,3)4/h3-24H2,1-2H3;;(H2,1,2,3,4)/q;+2;/p-2. The van der Waals surface area contributed by atoms with E-state index in [-0.39, 0.29) is 23.1 Å². The molecule has 0 aromatic rings. The molecule has 31 heavy (non-hydrogen) atoms. The van der Waals surface area contributed by atoms with Gasteiger partial charge in [0.1, 0.15) is 0 Å². The van der Waals surface area contributed by atoms with Gasteiger partial charge in [-0.3, -0.25) is 8.42 Å². The Labute approximate surface area is 210 Å². The summed E-state index contributed by atoms with van der Waals surface area (Å²) in [5.74, 6) is 0. The molecular formula is C24H50MgO5S. The first-order valence-corrected chi connectivity index (χ1v) is 14.0.